The van der Waals surface area contributed by atoms with Gasteiger partial charge in [-0.1, -0.05) is 18.2 Å². The molecule has 0 radical (unpaired) electrons. The van der Waals surface area contributed by atoms with Gasteiger partial charge in [-0.05, 0) is 44.0 Å². The Morgan fingerprint density at radius 2 is 2.00 bits per heavy atom. The van der Waals surface area contributed by atoms with Crippen LogP contribution < -0.4 is 10.1 Å². The van der Waals surface area contributed by atoms with Gasteiger partial charge in [-0.3, -0.25) is 4.79 Å². The van der Waals surface area contributed by atoms with Crippen LogP contribution in [0.5, 0.6) is 5.75 Å². The Labute approximate surface area is 173 Å². The molecule has 1 aromatic heterocycles. The maximum absolute atomic E-state index is 13.8. The van der Waals surface area contributed by atoms with Gasteiger partial charge in [-0.15, -0.1) is 0 Å². The van der Waals surface area contributed by atoms with Gasteiger partial charge >= 0.3 is 0 Å². The number of benzene rings is 2. The van der Waals surface area contributed by atoms with Crippen LogP contribution in [-0.4, -0.2) is 36.4 Å². The van der Waals surface area contributed by atoms with E-state index in [1.807, 2.05) is 0 Å². The molecule has 0 bridgehead atoms. The van der Waals surface area contributed by atoms with Crippen molar-refractivity contribution in [2.75, 3.05) is 19.8 Å². The number of hydrogen-bond donors (Lipinski definition) is 2. The summed E-state index contributed by atoms with van der Waals surface area (Å²) in [6.45, 7) is 2.61. The predicted octanol–water partition coefficient (Wildman–Crippen LogP) is 3.73. The Morgan fingerprint density at radius 1 is 1.23 bits per heavy atom. The van der Waals surface area contributed by atoms with Gasteiger partial charge in [0.2, 0.25) is 0 Å². The van der Waals surface area contributed by atoms with Crippen molar-refractivity contribution in [3.63, 3.8) is 0 Å². The molecule has 7 heteroatoms. The van der Waals surface area contributed by atoms with Crippen molar-refractivity contribution in [2.45, 2.75) is 31.9 Å². The Hall–Kier alpha value is -2.90. The van der Waals surface area contributed by atoms with Crippen LogP contribution in [0.15, 0.2) is 46.9 Å². The molecule has 158 valence electrons. The topological polar surface area (TPSA) is 80.9 Å². The highest BCUT2D eigenvalue weighted by Crippen LogP contribution is 2.31. The Kier molecular flexibility index (Phi) is 5.74. The van der Waals surface area contributed by atoms with Crippen molar-refractivity contribution in [3.8, 4) is 5.75 Å². The first-order chi connectivity index (χ1) is 14.5. The molecule has 1 fully saturated rings. The third kappa shape index (κ3) is 4.04. The van der Waals surface area contributed by atoms with Crippen LogP contribution in [0.4, 0.5) is 4.39 Å². The van der Waals surface area contributed by atoms with E-state index in [0.717, 1.165) is 0 Å². The molecule has 0 unspecified atom stereocenters. The van der Waals surface area contributed by atoms with E-state index in [1.54, 1.807) is 43.3 Å². The van der Waals surface area contributed by atoms with Crippen LogP contribution in [0.3, 0.4) is 0 Å². The molecular weight excluding hydrogens is 389 g/mol. The molecule has 2 aromatic carbocycles. The van der Waals surface area contributed by atoms with Crippen LogP contribution in [0.1, 0.15) is 34.5 Å². The van der Waals surface area contributed by atoms with Crippen molar-refractivity contribution in [1.29, 1.82) is 0 Å². The summed E-state index contributed by atoms with van der Waals surface area (Å²) in [7, 11) is 0. The van der Waals surface area contributed by atoms with Crippen LogP contribution in [0.2, 0.25) is 0 Å². The van der Waals surface area contributed by atoms with Crippen molar-refractivity contribution in [1.82, 2.24) is 5.32 Å². The van der Waals surface area contributed by atoms with Crippen molar-refractivity contribution >= 4 is 16.9 Å². The lowest BCUT2D eigenvalue weighted by molar-refractivity contribution is 0.0125. The predicted molar refractivity (Wildman–Crippen MR) is 109 cm³/mol. The molecule has 30 heavy (non-hydrogen) atoms. The molecule has 0 atom stereocenters. The lowest BCUT2D eigenvalue weighted by atomic mass is 9.90. The molecule has 1 aliphatic rings. The standard InChI is InChI=1S/C23H24FNO5/c1-15-21(22(27)25-23(14-26)8-10-28-11-9-23)18-12-17(6-7-20(18)30-15)29-13-16-4-2-3-5-19(16)24/h2-7,12,26H,8-11,13-14H2,1H3,(H,25,27). The van der Waals surface area contributed by atoms with Gasteiger partial charge in [0.15, 0.2) is 0 Å². The Balaban J connectivity index is 1.58. The number of rotatable bonds is 6. The number of fused-ring (bicyclic) bond motifs is 1. The van der Waals surface area contributed by atoms with Gasteiger partial charge in [-0.25, -0.2) is 4.39 Å². The number of carbonyl (C=O) groups is 1. The fraction of sp³-hybridized carbons (Fsp3) is 0.348. The average molecular weight is 413 g/mol. The highest BCUT2D eigenvalue weighted by molar-refractivity contribution is 6.07. The molecule has 1 amide bonds. The van der Waals surface area contributed by atoms with E-state index >= 15 is 0 Å². The first-order valence-corrected chi connectivity index (χ1v) is 9.92. The summed E-state index contributed by atoms with van der Waals surface area (Å²) in [4.78, 5) is 13.1. The number of aliphatic hydroxyl groups excluding tert-OH is 1. The number of hydrogen-bond acceptors (Lipinski definition) is 5. The second-order valence-electron chi connectivity index (χ2n) is 7.58. The summed E-state index contributed by atoms with van der Waals surface area (Å²) < 4.78 is 30.7. The van der Waals surface area contributed by atoms with Gasteiger partial charge in [0.25, 0.3) is 5.91 Å². The summed E-state index contributed by atoms with van der Waals surface area (Å²) in [5.41, 5.74) is 0.703. The van der Waals surface area contributed by atoms with E-state index in [-0.39, 0.29) is 24.9 Å². The quantitative estimate of drug-likeness (QED) is 0.644. The molecule has 1 saturated heterocycles. The zero-order valence-electron chi connectivity index (χ0n) is 16.7. The summed E-state index contributed by atoms with van der Waals surface area (Å²) in [5.74, 6) is 0.342. The molecule has 0 saturated carbocycles. The normalized spacial score (nSPS) is 15.8. The fourth-order valence-electron chi connectivity index (χ4n) is 3.74. The lowest BCUT2D eigenvalue weighted by Gasteiger charge is -2.36. The number of amides is 1. The van der Waals surface area contributed by atoms with E-state index < -0.39 is 5.54 Å². The minimum absolute atomic E-state index is 0.0736. The monoisotopic (exact) mass is 413 g/mol. The summed E-state index contributed by atoms with van der Waals surface area (Å²) in [6, 6.07) is 11.6. The first kappa shape index (κ1) is 20.4. The van der Waals surface area contributed by atoms with E-state index in [9.17, 15) is 14.3 Å². The minimum atomic E-state index is -0.704. The third-order valence-corrected chi connectivity index (χ3v) is 5.55. The molecule has 0 spiro atoms. The van der Waals surface area contributed by atoms with Crippen LogP contribution in [0, 0.1) is 12.7 Å². The molecule has 2 N–H and O–H groups in total. The molecule has 2 heterocycles. The largest absolute Gasteiger partial charge is 0.489 e. The molecule has 0 aliphatic carbocycles. The minimum Gasteiger partial charge on any atom is -0.489 e. The SMILES string of the molecule is Cc1oc2ccc(OCc3ccccc3F)cc2c1C(=O)NC1(CO)CCOCC1. The van der Waals surface area contributed by atoms with Crippen LogP contribution >= 0.6 is 0 Å². The number of aliphatic hydroxyl groups is 1. The fourth-order valence-corrected chi connectivity index (χ4v) is 3.74. The number of furan rings is 1. The van der Waals surface area contributed by atoms with E-state index in [4.69, 9.17) is 13.9 Å². The van der Waals surface area contributed by atoms with Gasteiger partial charge in [0.05, 0.1) is 17.7 Å². The molecule has 1 aliphatic heterocycles. The third-order valence-electron chi connectivity index (χ3n) is 5.55. The zero-order valence-corrected chi connectivity index (χ0v) is 16.7. The lowest BCUT2D eigenvalue weighted by Crippen LogP contribution is -2.54. The highest BCUT2D eigenvalue weighted by Gasteiger charge is 2.35. The van der Waals surface area contributed by atoms with Crippen molar-refractivity contribution in [3.05, 3.63) is 65.2 Å². The van der Waals surface area contributed by atoms with Gasteiger partial charge in [0.1, 0.15) is 29.5 Å². The summed E-state index contributed by atoms with van der Waals surface area (Å²) in [6.07, 6.45) is 1.09. The van der Waals surface area contributed by atoms with Crippen molar-refractivity contribution < 1.29 is 28.2 Å². The van der Waals surface area contributed by atoms with Crippen LogP contribution in [0.25, 0.3) is 11.0 Å². The number of aryl methyl sites for hydroxylation is 1. The summed E-state index contributed by atoms with van der Waals surface area (Å²) >= 11 is 0. The number of ether oxygens (including phenoxy) is 2. The molecule has 4 rings (SSSR count). The van der Waals surface area contributed by atoms with Crippen LogP contribution in [-0.2, 0) is 11.3 Å². The maximum Gasteiger partial charge on any atom is 0.255 e. The van der Waals surface area contributed by atoms with E-state index in [1.165, 1.54) is 6.07 Å². The Morgan fingerprint density at radius 3 is 2.73 bits per heavy atom. The second kappa shape index (κ2) is 8.45. The first-order valence-electron chi connectivity index (χ1n) is 9.92. The average Bonchev–Trinajstić information content (AvgIpc) is 3.09. The molecular formula is C23H24FNO5. The van der Waals surface area contributed by atoms with Gasteiger partial charge in [0, 0.05) is 24.2 Å². The highest BCUT2D eigenvalue weighted by atomic mass is 19.1. The number of nitrogens with one attached hydrogen (secondary N) is 1. The molecule has 6 nitrogen and oxygen atoms in total. The molecule has 3 aromatic rings. The smallest absolute Gasteiger partial charge is 0.255 e. The second-order valence-corrected chi connectivity index (χ2v) is 7.58. The van der Waals surface area contributed by atoms with E-state index in [0.29, 0.717) is 59.7 Å². The van der Waals surface area contributed by atoms with Crippen molar-refractivity contribution in [2.24, 2.45) is 0 Å². The summed E-state index contributed by atoms with van der Waals surface area (Å²) in [5, 5.41) is 13.5. The maximum atomic E-state index is 13.8. The van der Waals surface area contributed by atoms with E-state index in [2.05, 4.69) is 5.32 Å². The number of halogens is 1. The Bertz CT molecular complexity index is 1050. The number of carbonyl (C=O) groups excluding carboxylic acids is 1. The van der Waals surface area contributed by atoms with Gasteiger partial charge in [-0.2, -0.15) is 0 Å². The van der Waals surface area contributed by atoms with Gasteiger partial charge < -0.3 is 24.3 Å². The zero-order chi connectivity index (χ0) is 21.1.